The maximum absolute atomic E-state index is 12.4. The molecule has 0 bridgehead atoms. The molecule has 25 heavy (non-hydrogen) atoms. The molecule has 1 saturated heterocycles. The van der Waals surface area contributed by atoms with Crippen LogP contribution in [0.4, 0.5) is 16.3 Å². The van der Waals surface area contributed by atoms with Crippen molar-refractivity contribution in [1.82, 2.24) is 14.7 Å². The minimum Gasteiger partial charge on any atom is -0.495 e. The van der Waals surface area contributed by atoms with Gasteiger partial charge in [0.15, 0.2) is 5.82 Å². The van der Waals surface area contributed by atoms with E-state index in [9.17, 15) is 4.79 Å². The van der Waals surface area contributed by atoms with Crippen LogP contribution in [0.3, 0.4) is 0 Å². The molecule has 7 nitrogen and oxygen atoms in total. The summed E-state index contributed by atoms with van der Waals surface area (Å²) in [5.41, 5.74) is 1.07. The SMILES string of the molecule is COc1ccccc1N1CCN(C(=O)Nc2ccn(C(C)C)n2)CC1. The lowest BCUT2D eigenvalue weighted by Gasteiger charge is -2.36. The number of carbonyl (C=O) groups excluding carboxylic acids is 1. The number of nitrogens with zero attached hydrogens (tertiary/aromatic N) is 4. The van der Waals surface area contributed by atoms with E-state index >= 15 is 0 Å². The number of amides is 2. The molecular formula is C18H25N5O2. The Labute approximate surface area is 148 Å². The van der Waals surface area contributed by atoms with Crippen molar-refractivity contribution in [3.05, 3.63) is 36.5 Å². The Kier molecular flexibility index (Phi) is 5.11. The van der Waals surface area contributed by atoms with Gasteiger partial charge in [-0.3, -0.25) is 10.00 Å². The molecule has 2 aromatic rings. The maximum atomic E-state index is 12.4. The fraction of sp³-hybridized carbons (Fsp3) is 0.444. The van der Waals surface area contributed by atoms with Crippen LogP contribution in [0.5, 0.6) is 5.75 Å². The molecule has 0 saturated carbocycles. The zero-order valence-corrected chi connectivity index (χ0v) is 15.0. The van der Waals surface area contributed by atoms with Crippen LogP contribution in [0.15, 0.2) is 36.5 Å². The van der Waals surface area contributed by atoms with Crippen molar-refractivity contribution in [2.45, 2.75) is 19.9 Å². The van der Waals surface area contributed by atoms with Crippen molar-refractivity contribution in [3.63, 3.8) is 0 Å². The van der Waals surface area contributed by atoms with Gasteiger partial charge < -0.3 is 14.5 Å². The predicted octanol–water partition coefficient (Wildman–Crippen LogP) is 2.83. The number of para-hydroxylation sites is 2. The van der Waals surface area contributed by atoms with Gasteiger partial charge in [0.2, 0.25) is 0 Å². The van der Waals surface area contributed by atoms with Gasteiger partial charge in [0, 0.05) is 44.5 Å². The number of rotatable bonds is 4. The summed E-state index contributed by atoms with van der Waals surface area (Å²) in [6, 6.07) is 9.96. The Bertz CT molecular complexity index is 720. The van der Waals surface area contributed by atoms with Crippen molar-refractivity contribution >= 4 is 17.5 Å². The van der Waals surface area contributed by atoms with Crippen LogP contribution < -0.4 is 15.0 Å². The molecule has 1 aromatic heterocycles. The lowest BCUT2D eigenvalue weighted by atomic mass is 10.2. The van der Waals surface area contributed by atoms with Crippen LogP contribution in [-0.2, 0) is 0 Å². The number of methoxy groups -OCH3 is 1. The number of nitrogens with one attached hydrogen (secondary N) is 1. The molecule has 1 N–H and O–H groups in total. The topological polar surface area (TPSA) is 62.6 Å². The molecule has 0 unspecified atom stereocenters. The van der Waals surface area contributed by atoms with Crippen molar-refractivity contribution in [2.75, 3.05) is 43.5 Å². The van der Waals surface area contributed by atoms with Crippen LogP contribution >= 0.6 is 0 Å². The minimum atomic E-state index is -0.103. The van der Waals surface area contributed by atoms with Gasteiger partial charge in [0.05, 0.1) is 12.8 Å². The zero-order chi connectivity index (χ0) is 17.8. The summed E-state index contributed by atoms with van der Waals surface area (Å²) in [6.45, 7) is 6.97. The molecule has 0 aliphatic carbocycles. The average molecular weight is 343 g/mol. The summed E-state index contributed by atoms with van der Waals surface area (Å²) in [5.74, 6) is 1.45. The van der Waals surface area contributed by atoms with E-state index in [-0.39, 0.29) is 12.1 Å². The number of carbonyl (C=O) groups is 1. The molecule has 1 fully saturated rings. The average Bonchev–Trinajstić information content (AvgIpc) is 3.10. The standard InChI is InChI=1S/C18H25N5O2/c1-14(2)23-9-8-17(20-23)19-18(24)22-12-10-21(11-13-22)15-6-4-5-7-16(15)25-3/h4-9,14H,10-13H2,1-3H3,(H,19,20,24). The Morgan fingerprint density at radius 3 is 2.52 bits per heavy atom. The second-order valence-corrected chi connectivity index (χ2v) is 6.35. The summed E-state index contributed by atoms with van der Waals surface area (Å²) in [6.07, 6.45) is 1.87. The van der Waals surface area contributed by atoms with Crippen molar-refractivity contribution in [3.8, 4) is 5.75 Å². The smallest absolute Gasteiger partial charge is 0.323 e. The first-order valence-electron chi connectivity index (χ1n) is 8.57. The fourth-order valence-electron chi connectivity index (χ4n) is 2.92. The molecule has 1 aliphatic heterocycles. The van der Waals surface area contributed by atoms with Gasteiger partial charge >= 0.3 is 6.03 Å². The summed E-state index contributed by atoms with van der Waals surface area (Å²) in [4.78, 5) is 16.5. The van der Waals surface area contributed by atoms with E-state index in [0.29, 0.717) is 18.9 Å². The third-order valence-corrected chi connectivity index (χ3v) is 4.37. The molecule has 0 spiro atoms. The van der Waals surface area contributed by atoms with Gasteiger partial charge in [0.25, 0.3) is 0 Å². The van der Waals surface area contributed by atoms with Crippen molar-refractivity contribution in [1.29, 1.82) is 0 Å². The van der Waals surface area contributed by atoms with Crippen LogP contribution in [0.25, 0.3) is 0 Å². The van der Waals surface area contributed by atoms with Crippen LogP contribution in [-0.4, -0.2) is 54.0 Å². The maximum Gasteiger partial charge on any atom is 0.323 e. The summed E-state index contributed by atoms with van der Waals surface area (Å²) >= 11 is 0. The lowest BCUT2D eigenvalue weighted by Crippen LogP contribution is -2.50. The highest BCUT2D eigenvalue weighted by Crippen LogP contribution is 2.28. The number of ether oxygens (including phenoxy) is 1. The Morgan fingerprint density at radius 1 is 1.16 bits per heavy atom. The molecule has 0 atom stereocenters. The number of aromatic nitrogens is 2. The number of piperazine rings is 1. The van der Waals surface area contributed by atoms with Gasteiger partial charge in [-0.1, -0.05) is 12.1 Å². The quantitative estimate of drug-likeness (QED) is 0.927. The number of hydrogen-bond donors (Lipinski definition) is 1. The monoisotopic (exact) mass is 343 g/mol. The molecule has 7 heteroatoms. The summed E-state index contributed by atoms with van der Waals surface area (Å²) < 4.78 is 7.26. The highest BCUT2D eigenvalue weighted by Gasteiger charge is 2.23. The number of hydrogen-bond acceptors (Lipinski definition) is 4. The van der Waals surface area contributed by atoms with Crippen molar-refractivity contribution < 1.29 is 9.53 Å². The van der Waals surface area contributed by atoms with Gasteiger partial charge in [-0.25, -0.2) is 4.79 Å². The summed E-state index contributed by atoms with van der Waals surface area (Å²) in [5, 5.41) is 7.24. The van der Waals surface area contributed by atoms with E-state index in [0.717, 1.165) is 24.5 Å². The highest BCUT2D eigenvalue weighted by molar-refractivity contribution is 5.88. The molecule has 0 radical (unpaired) electrons. The third kappa shape index (κ3) is 3.87. The van der Waals surface area contributed by atoms with E-state index in [1.165, 1.54) is 0 Å². The number of urea groups is 1. The van der Waals surface area contributed by atoms with Crippen LogP contribution in [0.2, 0.25) is 0 Å². The second kappa shape index (κ2) is 7.46. The van der Waals surface area contributed by atoms with Crippen LogP contribution in [0, 0.1) is 0 Å². The van der Waals surface area contributed by atoms with Gasteiger partial charge in [-0.2, -0.15) is 5.10 Å². The molecule has 1 aromatic carbocycles. The normalized spacial score (nSPS) is 14.7. The van der Waals surface area contributed by atoms with Gasteiger partial charge in [0.1, 0.15) is 5.75 Å². The Morgan fingerprint density at radius 2 is 1.88 bits per heavy atom. The third-order valence-electron chi connectivity index (χ3n) is 4.37. The van der Waals surface area contributed by atoms with E-state index in [4.69, 9.17) is 4.74 Å². The van der Waals surface area contributed by atoms with E-state index < -0.39 is 0 Å². The second-order valence-electron chi connectivity index (χ2n) is 6.35. The van der Waals surface area contributed by atoms with Crippen LogP contribution in [0.1, 0.15) is 19.9 Å². The molecule has 2 amide bonds. The molecule has 134 valence electrons. The van der Waals surface area contributed by atoms with E-state index in [1.807, 2.05) is 46.1 Å². The lowest BCUT2D eigenvalue weighted by molar-refractivity contribution is 0.208. The molecule has 2 heterocycles. The first-order chi connectivity index (χ1) is 12.1. The fourth-order valence-corrected chi connectivity index (χ4v) is 2.92. The van der Waals surface area contributed by atoms with E-state index in [1.54, 1.807) is 7.11 Å². The van der Waals surface area contributed by atoms with E-state index in [2.05, 4.69) is 29.2 Å². The summed E-state index contributed by atoms with van der Waals surface area (Å²) in [7, 11) is 1.68. The number of benzene rings is 1. The Hall–Kier alpha value is -2.70. The first-order valence-corrected chi connectivity index (χ1v) is 8.57. The predicted molar refractivity (Wildman–Crippen MR) is 98.4 cm³/mol. The molecule has 1 aliphatic rings. The zero-order valence-electron chi connectivity index (χ0n) is 15.0. The van der Waals surface area contributed by atoms with Gasteiger partial charge in [-0.05, 0) is 26.0 Å². The largest absolute Gasteiger partial charge is 0.495 e. The minimum absolute atomic E-state index is 0.103. The van der Waals surface area contributed by atoms with Crippen molar-refractivity contribution in [2.24, 2.45) is 0 Å². The molecule has 3 rings (SSSR count). The highest BCUT2D eigenvalue weighted by atomic mass is 16.5. The molecular weight excluding hydrogens is 318 g/mol. The van der Waals surface area contributed by atoms with Gasteiger partial charge in [-0.15, -0.1) is 0 Å². The number of anilines is 2. The first kappa shape index (κ1) is 17.1. The Balaban J connectivity index is 1.57.